The number of pyridine rings is 2. The van der Waals surface area contributed by atoms with E-state index in [2.05, 4.69) is 50.0 Å². The van der Waals surface area contributed by atoms with Gasteiger partial charge in [0.25, 0.3) is 0 Å². The number of thiocarbonyl (C=S) groups is 1. The first-order chi connectivity index (χ1) is 16.9. The van der Waals surface area contributed by atoms with Crippen molar-refractivity contribution in [3.63, 3.8) is 0 Å². The maximum atomic E-state index is 11.5. The van der Waals surface area contributed by atoms with E-state index in [-0.39, 0.29) is 18.0 Å². The van der Waals surface area contributed by atoms with Crippen LogP contribution < -0.4 is 15.5 Å². The minimum Gasteiger partial charge on any atom is -0.351 e. The number of aromatic nitrogens is 3. The minimum absolute atomic E-state index is 0.105. The van der Waals surface area contributed by atoms with Crippen molar-refractivity contribution in [2.75, 3.05) is 10.2 Å². The van der Waals surface area contributed by atoms with Crippen molar-refractivity contribution in [1.82, 2.24) is 19.9 Å². The fraction of sp³-hybridized carbons (Fsp3) is 0.185. The monoisotopic (exact) mass is 482 g/mol. The molecule has 176 valence electrons. The van der Waals surface area contributed by atoms with Crippen molar-refractivity contribution in [3.05, 3.63) is 102 Å². The molecular weight excluding hydrogens is 456 g/mol. The molecule has 1 aliphatic rings. The van der Waals surface area contributed by atoms with E-state index < -0.39 is 0 Å². The second-order valence-corrected chi connectivity index (χ2v) is 8.96. The number of nitrogens with zero attached hydrogens (tertiary/aromatic N) is 4. The van der Waals surface area contributed by atoms with E-state index in [1.165, 1.54) is 6.92 Å². The maximum absolute atomic E-state index is 11.5. The molecular formula is C27H26N6OS. The number of rotatable bonds is 5. The van der Waals surface area contributed by atoms with Gasteiger partial charge in [-0.3, -0.25) is 9.78 Å². The van der Waals surface area contributed by atoms with Crippen LogP contribution >= 0.6 is 12.2 Å². The van der Waals surface area contributed by atoms with Crippen molar-refractivity contribution in [3.8, 4) is 5.82 Å². The van der Waals surface area contributed by atoms with Gasteiger partial charge in [0.05, 0.1) is 17.8 Å². The molecule has 5 rings (SSSR count). The van der Waals surface area contributed by atoms with Gasteiger partial charge in [0.2, 0.25) is 5.91 Å². The third kappa shape index (κ3) is 4.28. The summed E-state index contributed by atoms with van der Waals surface area (Å²) in [5, 5.41) is 6.96. The van der Waals surface area contributed by atoms with E-state index in [0.29, 0.717) is 5.11 Å². The molecule has 1 amide bonds. The van der Waals surface area contributed by atoms with E-state index in [9.17, 15) is 4.79 Å². The Bertz CT molecular complexity index is 1370. The number of nitrogens with one attached hydrogen (secondary N) is 2. The van der Waals surface area contributed by atoms with E-state index in [1.807, 2.05) is 60.7 Å². The molecule has 35 heavy (non-hydrogen) atoms. The van der Waals surface area contributed by atoms with E-state index >= 15 is 0 Å². The highest BCUT2D eigenvalue weighted by atomic mass is 32.1. The summed E-state index contributed by atoms with van der Waals surface area (Å²) in [6.07, 6.45) is 3.61. The minimum atomic E-state index is -0.142. The van der Waals surface area contributed by atoms with Crippen molar-refractivity contribution in [1.29, 1.82) is 0 Å². The number of carbonyl (C=O) groups is 1. The third-order valence-corrected chi connectivity index (χ3v) is 6.55. The van der Waals surface area contributed by atoms with Gasteiger partial charge in [0, 0.05) is 42.1 Å². The van der Waals surface area contributed by atoms with E-state index in [0.717, 1.165) is 39.8 Å². The Hall–Kier alpha value is -4.04. The zero-order chi connectivity index (χ0) is 24.5. The van der Waals surface area contributed by atoms with Gasteiger partial charge in [-0.2, -0.15) is 0 Å². The summed E-state index contributed by atoms with van der Waals surface area (Å²) in [4.78, 5) is 22.8. The largest absolute Gasteiger partial charge is 0.351 e. The maximum Gasteiger partial charge on any atom is 0.221 e. The van der Waals surface area contributed by atoms with Crippen LogP contribution in [0, 0.1) is 13.8 Å². The van der Waals surface area contributed by atoms with Crippen LogP contribution in [-0.2, 0) is 4.79 Å². The first kappa shape index (κ1) is 22.7. The molecule has 3 aromatic heterocycles. The van der Waals surface area contributed by atoms with Gasteiger partial charge in [0.15, 0.2) is 5.11 Å². The Morgan fingerprint density at radius 2 is 1.71 bits per heavy atom. The molecule has 4 heterocycles. The summed E-state index contributed by atoms with van der Waals surface area (Å²) in [6, 6.07) is 21.5. The normalized spacial score (nSPS) is 17.3. The molecule has 0 unspecified atom stereocenters. The van der Waals surface area contributed by atoms with Crippen LogP contribution in [-0.4, -0.2) is 25.6 Å². The predicted octanol–water partition coefficient (Wildman–Crippen LogP) is 5.02. The first-order valence-electron chi connectivity index (χ1n) is 11.4. The average Bonchev–Trinajstić information content (AvgIpc) is 3.35. The van der Waals surface area contributed by atoms with Crippen LogP contribution in [0.15, 0.2) is 79.1 Å². The zero-order valence-electron chi connectivity index (χ0n) is 19.8. The standard InChI is InChI=1S/C27H26N6OS/c1-17-16-22(18(2)32(17)24-9-5-7-15-29-24)26-25(23-8-4-6-14-28-23)31-27(35)33(26)21-12-10-20(11-13-21)30-19(3)34/h4-16,25-26H,1-3H3,(H,30,34)(H,31,35)/t25-,26-/m1/s1. The highest BCUT2D eigenvalue weighted by Crippen LogP contribution is 2.43. The molecule has 1 fully saturated rings. The van der Waals surface area contributed by atoms with Crippen LogP contribution in [0.4, 0.5) is 11.4 Å². The van der Waals surface area contributed by atoms with Crippen LogP contribution in [0.2, 0.25) is 0 Å². The second-order valence-electron chi connectivity index (χ2n) is 8.57. The number of hydrogen-bond acceptors (Lipinski definition) is 4. The Labute approximate surface area is 209 Å². The molecule has 2 N–H and O–H groups in total. The smallest absolute Gasteiger partial charge is 0.221 e. The lowest BCUT2D eigenvalue weighted by molar-refractivity contribution is -0.114. The Morgan fingerprint density at radius 1 is 1.00 bits per heavy atom. The molecule has 1 aliphatic heterocycles. The van der Waals surface area contributed by atoms with Gasteiger partial charge in [-0.15, -0.1) is 0 Å². The van der Waals surface area contributed by atoms with Gasteiger partial charge >= 0.3 is 0 Å². The number of benzene rings is 1. The lowest BCUT2D eigenvalue weighted by atomic mass is 9.96. The molecule has 0 radical (unpaired) electrons. The topological polar surface area (TPSA) is 75.1 Å². The third-order valence-electron chi connectivity index (χ3n) is 6.23. The SMILES string of the molecule is CC(=O)Nc1ccc(N2C(=S)N[C@H](c3ccccn3)[C@H]2c2cc(C)n(-c3ccccn3)c2C)cc1. The van der Waals surface area contributed by atoms with E-state index in [4.69, 9.17) is 12.2 Å². The summed E-state index contributed by atoms with van der Waals surface area (Å²) in [7, 11) is 0. The first-order valence-corrected chi connectivity index (χ1v) is 11.8. The summed E-state index contributed by atoms with van der Waals surface area (Å²) in [6.45, 7) is 5.71. The molecule has 0 spiro atoms. The molecule has 1 aromatic carbocycles. The summed E-state index contributed by atoms with van der Waals surface area (Å²) < 4.78 is 2.17. The molecule has 4 aromatic rings. The lowest BCUT2D eigenvalue weighted by Gasteiger charge is -2.28. The van der Waals surface area contributed by atoms with Crippen molar-refractivity contribution < 1.29 is 4.79 Å². The summed E-state index contributed by atoms with van der Waals surface area (Å²) >= 11 is 5.85. The molecule has 0 bridgehead atoms. The number of aryl methyl sites for hydroxylation is 1. The quantitative estimate of drug-likeness (QED) is 0.389. The zero-order valence-corrected chi connectivity index (χ0v) is 20.6. The van der Waals surface area contributed by atoms with Crippen LogP contribution in [0.1, 0.15) is 41.7 Å². The Morgan fingerprint density at radius 3 is 2.34 bits per heavy atom. The fourth-order valence-electron chi connectivity index (χ4n) is 4.78. The lowest BCUT2D eigenvalue weighted by Crippen LogP contribution is -2.29. The van der Waals surface area contributed by atoms with Gasteiger partial charge in [-0.05, 0) is 86.2 Å². The van der Waals surface area contributed by atoms with Crippen LogP contribution in [0.25, 0.3) is 5.82 Å². The van der Waals surface area contributed by atoms with Gasteiger partial charge < -0.3 is 20.1 Å². The molecule has 1 saturated heterocycles. The molecule has 0 aliphatic carbocycles. The molecule has 2 atom stereocenters. The molecule has 8 heteroatoms. The molecule has 7 nitrogen and oxygen atoms in total. The highest BCUT2D eigenvalue weighted by Gasteiger charge is 2.42. The number of anilines is 2. The van der Waals surface area contributed by atoms with Gasteiger partial charge in [-0.25, -0.2) is 4.98 Å². The highest BCUT2D eigenvalue weighted by molar-refractivity contribution is 7.80. The predicted molar refractivity (Wildman–Crippen MR) is 142 cm³/mol. The van der Waals surface area contributed by atoms with Crippen LogP contribution in [0.3, 0.4) is 0 Å². The summed E-state index contributed by atoms with van der Waals surface area (Å²) in [5.74, 6) is 0.772. The summed E-state index contributed by atoms with van der Waals surface area (Å²) in [5.41, 5.74) is 5.92. The van der Waals surface area contributed by atoms with E-state index in [1.54, 1.807) is 12.4 Å². The number of carbonyl (C=O) groups excluding carboxylic acids is 1. The van der Waals surface area contributed by atoms with Gasteiger partial charge in [-0.1, -0.05) is 12.1 Å². The Balaban J connectivity index is 1.63. The van der Waals surface area contributed by atoms with Crippen molar-refractivity contribution >= 4 is 34.6 Å². The fourth-order valence-corrected chi connectivity index (χ4v) is 5.13. The average molecular weight is 483 g/mol. The van der Waals surface area contributed by atoms with Crippen molar-refractivity contribution in [2.24, 2.45) is 0 Å². The van der Waals surface area contributed by atoms with Crippen molar-refractivity contribution in [2.45, 2.75) is 32.9 Å². The van der Waals surface area contributed by atoms with Crippen LogP contribution in [0.5, 0.6) is 0 Å². The molecule has 0 saturated carbocycles. The van der Waals surface area contributed by atoms with Gasteiger partial charge in [0.1, 0.15) is 5.82 Å². The number of amides is 1. The second kappa shape index (κ2) is 9.31. The number of hydrogen-bond donors (Lipinski definition) is 2. The Kier molecular flexibility index (Phi) is 6.05.